The van der Waals surface area contributed by atoms with Crippen LogP contribution in [0.25, 0.3) is 10.2 Å². The first kappa shape index (κ1) is 12.4. The summed E-state index contributed by atoms with van der Waals surface area (Å²) >= 11 is 1.63. The van der Waals surface area contributed by atoms with Gasteiger partial charge in [-0.25, -0.2) is 4.98 Å². The van der Waals surface area contributed by atoms with E-state index in [1.807, 2.05) is 23.1 Å². The lowest BCUT2D eigenvalue weighted by atomic mass is 10.3. The molecule has 5 nitrogen and oxygen atoms in total. The largest absolute Gasteiger partial charge is 0.383 e. The van der Waals surface area contributed by atoms with Crippen molar-refractivity contribution in [2.24, 2.45) is 0 Å². The second kappa shape index (κ2) is 5.14. The van der Waals surface area contributed by atoms with Gasteiger partial charge in [-0.2, -0.15) is 0 Å². The van der Waals surface area contributed by atoms with E-state index in [-0.39, 0.29) is 5.91 Å². The number of para-hydroxylation sites is 1. The molecule has 0 saturated carbocycles. The Balaban J connectivity index is 1.78. The number of benzene rings is 1. The topological polar surface area (TPSA) is 45.7 Å². The van der Waals surface area contributed by atoms with E-state index in [0.29, 0.717) is 26.4 Å². The molecule has 1 aliphatic heterocycles. The van der Waals surface area contributed by atoms with Crippen LogP contribution in [0.4, 0.5) is 5.13 Å². The van der Waals surface area contributed by atoms with Crippen LogP contribution < -0.4 is 4.90 Å². The number of methoxy groups -OCH3 is 1. The normalized spacial score (nSPS) is 15.7. The Bertz CT molecular complexity index is 565. The van der Waals surface area contributed by atoms with Gasteiger partial charge in [-0.15, -0.1) is 0 Å². The molecule has 19 heavy (non-hydrogen) atoms. The molecule has 3 rings (SSSR count). The van der Waals surface area contributed by atoms with Crippen LogP contribution in [-0.2, 0) is 9.53 Å². The maximum Gasteiger partial charge on any atom is 0.243 e. The molecule has 0 radical (unpaired) electrons. The number of thiazole rings is 1. The number of nitrogens with zero attached hydrogens (tertiary/aromatic N) is 3. The Morgan fingerprint density at radius 2 is 2.26 bits per heavy atom. The summed E-state index contributed by atoms with van der Waals surface area (Å²) in [4.78, 5) is 20.3. The maximum absolute atomic E-state index is 11.9. The fraction of sp³-hybridized carbons (Fsp3) is 0.385. The number of aromatic nitrogens is 1. The molecular weight excluding hydrogens is 262 g/mol. The molecule has 1 aromatic carbocycles. The number of fused-ring (bicyclic) bond motifs is 1. The van der Waals surface area contributed by atoms with Crippen molar-refractivity contribution in [3.05, 3.63) is 24.3 Å². The van der Waals surface area contributed by atoms with Crippen LogP contribution in [0.3, 0.4) is 0 Å². The molecule has 0 spiro atoms. The molecule has 1 aliphatic rings. The number of carbonyl (C=O) groups excluding carboxylic acids is 1. The molecule has 1 fully saturated rings. The molecule has 1 amide bonds. The second-order valence-electron chi connectivity index (χ2n) is 4.45. The number of carbonyl (C=O) groups is 1. The van der Waals surface area contributed by atoms with E-state index in [0.717, 1.165) is 15.3 Å². The molecule has 1 aromatic heterocycles. The minimum atomic E-state index is 0.135. The second-order valence-corrected chi connectivity index (χ2v) is 5.46. The zero-order valence-electron chi connectivity index (χ0n) is 10.7. The van der Waals surface area contributed by atoms with Crippen LogP contribution in [0.2, 0.25) is 0 Å². The monoisotopic (exact) mass is 277 g/mol. The molecule has 0 atom stereocenters. The van der Waals surface area contributed by atoms with E-state index in [1.165, 1.54) is 0 Å². The Kier molecular flexibility index (Phi) is 3.35. The summed E-state index contributed by atoms with van der Waals surface area (Å²) in [6.07, 6.45) is 0. The van der Waals surface area contributed by atoms with Crippen molar-refractivity contribution in [3.8, 4) is 0 Å². The van der Waals surface area contributed by atoms with Crippen LogP contribution in [0.1, 0.15) is 0 Å². The Morgan fingerprint density at radius 3 is 3.05 bits per heavy atom. The first-order valence-electron chi connectivity index (χ1n) is 6.15. The molecule has 2 heterocycles. The average molecular weight is 277 g/mol. The van der Waals surface area contributed by atoms with Gasteiger partial charge in [0.15, 0.2) is 5.13 Å². The first-order chi connectivity index (χ1) is 9.28. The highest BCUT2D eigenvalue weighted by Gasteiger charge is 2.28. The van der Waals surface area contributed by atoms with E-state index in [4.69, 9.17) is 4.74 Å². The Morgan fingerprint density at radius 1 is 1.42 bits per heavy atom. The molecule has 0 unspecified atom stereocenters. The number of hydrogen-bond donors (Lipinski definition) is 0. The molecule has 1 saturated heterocycles. The van der Waals surface area contributed by atoms with E-state index < -0.39 is 0 Å². The SMILES string of the molecule is COCCN1CN(c2nc3ccccc3s2)CC1=O. The number of ether oxygens (including phenoxy) is 1. The fourth-order valence-corrected chi connectivity index (χ4v) is 3.08. The van der Waals surface area contributed by atoms with E-state index in [1.54, 1.807) is 23.3 Å². The van der Waals surface area contributed by atoms with Crippen molar-refractivity contribution in [1.82, 2.24) is 9.88 Å². The van der Waals surface area contributed by atoms with Gasteiger partial charge in [0, 0.05) is 13.7 Å². The van der Waals surface area contributed by atoms with Gasteiger partial charge < -0.3 is 14.5 Å². The lowest BCUT2D eigenvalue weighted by Gasteiger charge is -2.16. The highest BCUT2D eigenvalue weighted by atomic mass is 32.1. The molecule has 6 heteroatoms. The predicted molar refractivity (Wildman–Crippen MR) is 75.4 cm³/mol. The van der Waals surface area contributed by atoms with Gasteiger partial charge in [-0.1, -0.05) is 23.5 Å². The van der Waals surface area contributed by atoms with Gasteiger partial charge in [0.2, 0.25) is 5.91 Å². The van der Waals surface area contributed by atoms with E-state index in [2.05, 4.69) is 11.1 Å². The number of hydrogen-bond acceptors (Lipinski definition) is 5. The lowest BCUT2D eigenvalue weighted by Crippen LogP contribution is -2.30. The average Bonchev–Trinajstić information content (AvgIpc) is 2.99. The summed E-state index contributed by atoms with van der Waals surface area (Å²) in [6, 6.07) is 8.03. The molecule has 2 aromatic rings. The zero-order chi connectivity index (χ0) is 13.2. The number of rotatable bonds is 4. The van der Waals surface area contributed by atoms with Crippen molar-refractivity contribution in [2.75, 3.05) is 38.4 Å². The van der Waals surface area contributed by atoms with Gasteiger partial charge in [0.25, 0.3) is 0 Å². The Hall–Kier alpha value is -1.66. The van der Waals surface area contributed by atoms with Gasteiger partial charge in [0.1, 0.15) is 6.54 Å². The van der Waals surface area contributed by atoms with Gasteiger partial charge in [0.05, 0.1) is 23.5 Å². The third-order valence-electron chi connectivity index (χ3n) is 3.14. The van der Waals surface area contributed by atoms with E-state index in [9.17, 15) is 4.79 Å². The van der Waals surface area contributed by atoms with Crippen molar-refractivity contribution < 1.29 is 9.53 Å². The van der Waals surface area contributed by atoms with Gasteiger partial charge in [-0.3, -0.25) is 4.79 Å². The third-order valence-corrected chi connectivity index (χ3v) is 4.24. The Labute approximate surface area is 115 Å². The summed E-state index contributed by atoms with van der Waals surface area (Å²) in [5.74, 6) is 0.135. The highest BCUT2D eigenvalue weighted by Crippen LogP contribution is 2.29. The zero-order valence-corrected chi connectivity index (χ0v) is 11.5. The predicted octanol–water partition coefficient (Wildman–Crippen LogP) is 1.55. The molecular formula is C13H15N3O2S. The number of amides is 1. The smallest absolute Gasteiger partial charge is 0.243 e. The minimum Gasteiger partial charge on any atom is -0.383 e. The summed E-state index contributed by atoms with van der Waals surface area (Å²) in [6.45, 7) is 2.21. The number of anilines is 1. The molecule has 0 aliphatic carbocycles. The van der Waals surface area contributed by atoms with E-state index >= 15 is 0 Å². The standard InChI is InChI=1S/C13H15N3O2S/c1-18-7-6-15-9-16(8-12(15)17)13-14-10-4-2-3-5-11(10)19-13/h2-5H,6-9H2,1H3. The van der Waals surface area contributed by atoms with Crippen molar-refractivity contribution in [1.29, 1.82) is 0 Å². The van der Waals surface area contributed by atoms with Gasteiger partial charge in [-0.05, 0) is 12.1 Å². The minimum absolute atomic E-state index is 0.135. The molecule has 0 N–H and O–H groups in total. The highest BCUT2D eigenvalue weighted by molar-refractivity contribution is 7.22. The van der Waals surface area contributed by atoms with Crippen molar-refractivity contribution >= 4 is 32.6 Å². The van der Waals surface area contributed by atoms with Crippen LogP contribution >= 0.6 is 11.3 Å². The fourth-order valence-electron chi connectivity index (χ4n) is 2.12. The summed E-state index contributed by atoms with van der Waals surface area (Å²) in [5, 5.41) is 0.912. The van der Waals surface area contributed by atoms with Crippen LogP contribution in [0.15, 0.2) is 24.3 Å². The van der Waals surface area contributed by atoms with Crippen LogP contribution in [-0.4, -0.2) is 49.3 Å². The van der Waals surface area contributed by atoms with Crippen LogP contribution in [0, 0.1) is 0 Å². The summed E-state index contributed by atoms with van der Waals surface area (Å²) < 4.78 is 6.17. The lowest BCUT2D eigenvalue weighted by molar-refractivity contribution is -0.127. The molecule has 0 bridgehead atoms. The van der Waals surface area contributed by atoms with Crippen LogP contribution in [0.5, 0.6) is 0 Å². The summed E-state index contributed by atoms with van der Waals surface area (Å²) in [5.41, 5.74) is 0.991. The quantitative estimate of drug-likeness (QED) is 0.850. The summed E-state index contributed by atoms with van der Waals surface area (Å²) in [7, 11) is 1.64. The van der Waals surface area contributed by atoms with Gasteiger partial charge >= 0.3 is 0 Å². The van der Waals surface area contributed by atoms with Crippen molar-refractivity contribution in [3.63, 3.8) is 0 Å². The maximum atomic E-state index is 11.9. The van der Waals surface area contributed by atoms with Crippen molar-refractivity contribution in [2.45, 2.75) is 0 Å². The first-order valence-corrected chi connectivity index (χ1v) is 6.97. The molecule has 100 valence electrons. The third kappa shape index (κ3) is 2.41.